The molecule has 2 aromatic heterocycles. The van der Waals surface area contributed by atoms with Crippen molar-refractivity contribution in [3.63, 3.8) is 0 Å². The monoisotopic (exact) mass is 303 g/mol. The molecule has 1 aromatic carbocycles. The van der Waals surface area contributed by atoms with Crippen LogP contribution in [0.15, 0.2) is 42.6 Å². The third-order valence-corrected chi connectivity index (χ3v) is 3.64. The second-order valence-corrected chi connectivity index (χ2v) is 5.32. The van der Waals surface area contributed by atoms with Gasteiger partial charge in [0, 0.05) is 11.8 Å². The summed E-state index contributed by atoms with van der Waals surface area (Å²) in [5, 5.41) is 0.652. The smallest absolute Gasteiger partial charge is 0.137 e. The van der Waals surface area contributed by atoms with Crippen molar-refractivity contribution in [1.29, 1.82) is 0 Å². The summed E-state index contributed by atoms with van der Waals surface area (Å²) in [5.74, 6) is -0.255. The number of benzene rings is 1. The van der Waals surface area contributed by atoms with Crippen LogP contribution in [0.25, 0.3) is 16.9 Å². The molecule has 0 aliphatic heterocycles. The number of imidazole rings is 1. The SMILES string of the molecule is NCCCc1c(-c2ccc(F)cc2)nc2ccc(Cl)cn12. The van der Waals surface area contributed by atoms with E-state index in [0.29, 0.717) is 11.6 Å². The highest BCUT2D eigenvalue weighted by Gasteiger charge is 2.14. The zero-order chi connectivity index (χ0) is 14.8. The molecule has 3 nitrogen and oxygen atoms in total. The number of halogens is 2. The summed E-state index contributed by atoms with van der Waals surface area (Å²) in [4.78, 5) is 4.65. The predicted octanol–water partition coefficient (Wildman–Crippen LogP) is 3.69. The summed E-state index contributed by atoms with van der Waals surface area (Å²) < 4.78 is 15.1. The highest BCUT2D eigenvalue weighted by Crippen LogP contribution is 2.26. The number of aryl methyl sites for hydroxylation is 1. The molecule has 0 bridgehead atoms. The molecule has 0 spiro atoms. The first-order valence-corrected chi connectivity index (χ1v) is 7.19. The van der Waals surface area contributed by atoms with Gasteiger partial charge in [-0.15, -0.1) is 0 Å². The summed E-state index contributed by atoms with van der Waals surface area (Å²) >= 11 is 6.08. The minimum absolute atomic E-state index is 0.255. The van der Waals surface area contributed by atoms with E-state index >= 15 is 0 Å². The third kappa shape index (κ3) is 2.77. The number of hydrogen-bond donors (Lipinski definition) is 1. The van der Waals surface area contributed by atoms with E-state index in [4.69, 9.17) is 17.3 Å². The molecule has 0 saturated heterocycles. The van der Waals surface area contributed by atoms with Gasteiger partial charge in [-0.1, -0.05) is 11.6 Å². The van der Waals surface area contributed by atoms with Crippen LogP contribution in [0.1, 0.15) is 12.1 Å². The van der Waals surface area contributed by atoms with Crippen molar-refractivity contribution in [3.05, 3.63) is 59.1 Å². The summed E-state index contributed by atoms with van der Waals surface area (Å²) in [7, 11) is 0. The Morgan fingerprint density at radius 3 is 2.62 bits per heavy atom. The number of aromatic nitrogens is 2. The van der Waals surface area contributed by atoms with Crippen molar-refractivity contribution in [2.75, 3.05) is 6.54 Å². The molecule has 0 fully saturated rings. The molecule has 0 aliphatic rings. The zero-order valence-electron chi connectivity index (χ0n) is 11.4. The largest absolute Gasteiger partial charge is 0.330 e. The summed E-state index contributed by atoms with van der Waals surface area (Å²) in [6, 6.07) is 10.1. The number of nitrogens with two attached hydrogens (primary N) is 1. The second-order valence-electron chi connectivity index (χ2n) is 4.88. The van der Waals surface area contributed by atoms with E-state index in [-0.39, 0.29) is 5.82 Å². The fraction of sp³-hybridized carbons (Fsp3) is 0.188. The summed E-state index contributed by atoms with van der Waals surface area (Å²) in [6.07, 6.45) is 3.50. The average molecular weight is 304 g/mol. The maximum Gasteiger partial charge on any atom is 0.137 e. The predicted molar refractivity (Wildman–Crippen MR) is 83.0 cm³/mol. The van der Waals surface area contributed by atoms with Crippen LogP contribution in [0, 0.1) is 5.82 Å². The van der Waals surface area contributed by atoms with Gasteiger partial charge in [0.05, 0.1) is 16.4 Å². The molecule has 0 aliphatic carbocycles. The second kappa shape index (κ2) is 5.84. The molecule has 2 heterocycles. The zero-order valence-corrected chi connectivity index (χ0v) is 12.1. The lowest BCUT2D eigenvalue weighted by Gasteiger charge is -2.05. The lowest BCUT2D eigenvalue weighted by molar-refractivity contribution is 0.628. The molecule has 3 rings (SSSR count). The van der Waals surface area contributed by atoms with Gasteiger partial charge in [0.1, 0.15) is 11.5 Å². The van der Waals surface area contributed by atoms with E-state index in [1.54, 1.807) is 12.1 Å². The Bertz CT molecular complexity index is 765. The van der Waals surface area contributed by atoms with E-state index < -0.39 is 0 Å². The van der Waals surface area contributed by atoms with E-state index in [0.717, 1.165) is 35.4 Å². The molecule has 0 unspecified atom stereocenters. The van der Waals surface area contributed by atoms with Crippen molar-refractivity contribution in [1.82, 2.24) is 9.38 Å². The number of pyridine rings is 1. The minimum atomic E-state index is -0.255. The van der Waals surface area contributed by atoms with E-state index in [1.807, 2.05) is 22.7 Å². The number of fused-ring (bicyclic) bond motifs is 1. The van der Waals surface area contributed by atoms with Crippen LogP contribution in [0.3, 0.4) is 0 Å². The minimum Gasteiger partial charge on any atom is -0.330 e. The van der Waals surface area contributed by atoms with Crippen molar-refractivity contribution in [2.45, 2.75) is 12.8 Å². The fourth-order valence-electron chi connectivity index (χ4n) is 2.41. The van der Waals surface area contributed by atoms with Gasteiger partial charge in [0.2, 0.25) is 0 Å². The van der Waals surface area contributed by atoms with Crippen molar-refractivity contribution in [3.8, 4) is 11.3 Å². The van der Waals surface area contributed by atoms with Crippen molar-refractivity contribution in [2.24, 2.45) is 5.73 Å². The van der Waals surface area contributed by atoms with Crippen molar-refractivity contribution >= 4 is 17.2 Å². The molecular formula is C16H15ClFN3. The highest BCUT2D eigenvalue weighted by molar-refractivity contribution is 6.30. The molecule has 0 amide bonds. The van der Waals surface area contributed by atoms with Gasteiger partial charge in [-0.3, -0.25) is 0 Å². The summed E-state index contributed by atoms with van der Waals surface area (Å²) in [6.45, 7) is 0.608. The van der Waals surface area contributed by atoms with Gasteiger partial charge in [-0.2, -0.15) is 0 Å². The van der Waals surface area contributed by atoms with Gasteiger partial charge in [-0.05, 0) is 55.8 Å². The van der Waals surface area contributed by atoms with E-state index in [2.05, 4.69) is 4.98 Å². The Morgan fingerprint density at radius 1 is 1.14 bits per heavy atom. The van der Waals surface area contributed by atoms with E-state index in [9.17, 15) is 4.39 Å². The van der Waals surface area contributed by atoms with Gasteiger partial charge in [-0.25, -0.2) is 9.37 Å². The molecule has 108 valence electrons. The molecule has 0 saturated carbocycles. The molecular weight excluding hydrogens is 289 g/mol. The van der Waals surface area contributed by atoms with Crippen LogP contribution < -0.4 is 5.73 Å². The number of nitrogens with zero attached hydrogens (tertiary/aromatic N) is 2. The van der Waals surface area contributed by atoms with Crippen molar-refractivity contribution < 1.29 is 4.39 Å². The Labute approximate surface area is 127 Å². The van der Waals surface area contributed by atoms with Crippen LogP contribution in [0.4, 0.5) is 4.39 Å². The van der Waals surface area contributed by atoms with Gasteiger partial charge in [0.15, 0.2) is 0 Å². The van der Waals surface area contributed by atoms with Gasteiger partial charge >= 0.3 is 0 Å². The standard InChI is InChI=1S/C16H15ClFN3/c17-12-5-8-15-20-16(11-3-6-13(18)7-4-11)14(2-1-9-19)21(15)10-12/h3-8,10H,1-2,9,19H2. The Kier molecular flexibility index (Phi) is 3.90. The molecule has 21 heavy (non-hydrogen) atoms. The van der Waals surface area contributed by atoms with Gasteiger partial charge in [0.25, 0.3) is 0 Å². The lowest BCUT2D eigenvalue weighted by Crippen LogP contribution is -2.03. The Hall–Kier alpha value is -1.91. The normalized spacial score (nSPS) is 11.2. The molecule has 2 N–H and O–H groups in total. The average Bonchev–Trinajstić information content (AvgIpc) is 2.83. The Balaban J connectivity index is 2.18. The van der Waals surface area contributed by atoms with Gasteiger partial charge < -0.3 is 10.1 Å². The van der Waals surface area contributed by atoms with E-state index in [1.165, 1.54) is 12.1 Å². The first-order valence-electron chi connectivity index (χ1n) is 6.81. The van der Waals surface area contributed by atoms with Crippen LogP contribution in [-0.2, 0) is 6.42 Å². The van der Waals surface area contributed by atoms with Crippen LogP contribution in [0.5, 0.6) is 0 Å². The maximum absolute atomic E-state index is 13.1. The Morgan fingerprint density at radius 2 is 1.90 bits per heavy atom. The van der Waals surface area contributed by atoms with Crippen LogP contribution in [-0.4, -0.2) is 15.9 Å². The molecule has 3 aromatic rings. The summed E-state index contributed by atoms with van der Waals surface area (Å²) in [5.41, 5.74) is 9.24. The van der Waals surface area contributed by atoms with Crippen LogP contribution >= 0.6 is 11.6 Å². The third-order valence-electron chi connectivity index (χ3n) is 3.42. The van der Waals surface area contributed by atoms with Crippen LogP contribution in [0.2, 0.25) is 5.02 Å². The molecule has 5 heteroatoms. The fourth-order valence-corrected chi connectivity index (χ4v) is 2.58. The number of rotatable bonds is 4. The highest BCUT2D eigenvalue weighted by atomic mass is 35.5. The number of hydrogen-bond acceptors (Lipinski definition) is 2. The maximum atomic E-state index is 13.1. The first-order chi connectivity index (χ1) is 10.2. The topological polar surface area (TPSA) is 43.3 Å². The molecule has 0 radical (unpaired) electrons. The molecule has 0 atom stereocenters. The first kappa shape index (κ1) is 14.0. The lowest BCUT2D eigenvalue weighted by atomic mass is 10.1. The quantitative estimate of drug-likeness (QED) is 0.799.